The molecule has 1 aliphatic carbocycles. The van der Waals surface area contributed by atoms with Crippen LogP contribution in [-0.2, 0) is 0 Å². The minimum atomic E-state index is 1.23. The van der Waals surface area contributed by atoms with Crippen molar-refractivity contribution in [1.82, 2.24) is 0 Å². The van der Waals surface area contributed by atoms with Gasteiger partial charge in [-0.2, -0.15) is 0 Å². The SMILES string of the molecule is C1=CCCC1.CC=CCCC. The second-order valence-electron chi connectivity index (χ2n) is 2.76. The van der Waals surface area contributed by atoms with E-state index in [1.807, 2.05) is 0 Å². The number of hydrogen-bond donors (Lipinski definition) is 0. The van der Waals surface area contributed by atoms with Crippen LogP contribution in [-0.4, -0.2) is 0 Å². The van der Waals surface area contributed by atoms with Gasteiger partial charge in [0.1, 0.15) is 0 Å². The molecule has 0 aromatic rings. The van der Waals surface area contributed by atoms with E-state index in [2.05, 4.69) is 38.2 Å². The van der Waals surface area contributed by atoms with E-state index in [0.717, 1.165) is 0 Å². The Balaban J connectivity index is 0.000000183. The number of allylic oxidation sites excluding steroid dienone is 4. The van der Waals surface area contributed by atoms with Crippen LogP contribution in [0.15, 0.2) is 24.3 Å². The molecule has 0 amide bonds. The van der Waals surface area contributed by atoms with Gasteiger partial charge >= 0.3 is 0 Å². The van der Waals surface area contributed by atoms with Gasteiger partial charge in [0.15, 0.2) is 0 Å². The van der Waals surface area contributed by atoms with E-state index in [1.165, 1.54) is 32.1 Å². The molecule has 0 unspecified atom stereocenters. The molecule has 0 aromatic heterocycles. The number of unbranched alkanes of at least 4 members (excludes halogenated alkanes) is 1. The third-order valence-electron chi connectivity index (χ3n) is 1.60. The zero-order valence-corrected chi connectivity index (χ0v) is 7.84. The monoisotopic (exact) mass is 152 g/mol. The highest BCUT2D eigenvalue weighted by atomic mass is 13.9. The van der Waals surface area contributed by atoms with Gasteiger partial charge in [-0.25, -0.2) is 0 Å². The summed E-state index contributed by atoms with van der Waals surface area (Å²) in [7, 11) is 0. The van der Waals surface area contributed by atoms with E-state index in [1.54, 1.807) is 0 Å². The van der Waals surface area contributed by atoms with Crippen LogP contribution in [0, 0.1) is 0 Å². The molecule has 0 radical (unpaired) electrons. The Labute approximate surface area is 71.0 Å². The molecular formula is C11H20. The van der Waals surface area contributed by atoms with E-state index in [0.29, 0.717) is 0 Å². The highest BCUT2D eigenvalue weighted by Gasteiger charge is 1.84. The minimum Gasteiger partial charge on any atom is -0.0917 e. The number of hydrogen-bond acceptors (Lipinski definition) is 0. The zero-order chi connectivity index (χ0) is 8.36. The van der Waals surface area contributed by atoms with Crippen LogP contribution in [0.25, 0.3) is 0 Å². The average Bonchev–Trinajstić information content (AvgIpc) is 2.57. The topological polar surface area (TPSA) is 0 Å². The van der Waals surface area contributed by atoms with Crippen molar-refractivity contribution in [1.29, 1.82) is 0 Å². The van der Waals surface area contributed by atoms with Crippen LogP contribution in [0.5, 0.6) is 0 Å². The first kappa shape index (κ1) is 10.5. The molecule has 0 saturated carbocycles. The molecular weight excluding hydrogens is 132 g/mol. The van der Waals surface area contributed by atoms with Crippen LogP contribution in [0.4, 0.5) is 0 Å². The van der Waals surface area contributed by atoms with Crippen molar-refractivity contribution in [2.75, 3.05) is 0 Å². The maximum Gasteiger partial charge on any atom is -0.0348 e. The lowest BCUT2D eigenvalue weighted by Gasteiger charge is -1.76. The van der Waals surface area contributed by atoms with E-state index in [-0.39, 0.29) is 0 Å². The molecule has 0 heterocycles. The third-order valence-corrected chi connectivity index (χ3v) is 1.60. The van der Waals surface area contributed by atoms with Gasteiger partial charge in [-0.3, -0.25) is 0 Å². The van der Waals surface area contributed by atoms with Crippen molar-refractivity contribution in [2.45, 2.75) is 46.0 Å². The van der Waals surface area contributed by atoms with Gasteiger partial charge in [0, 0.05) is 0 Å². The van der Waals surface area contributed by atoms with Gasteiger partial charge in [-0.05, 0) is 32.6 Å². The third kappa shape index (κ3) is 9.48. The summed E-state index contributed by atoms with van der Waals surface area (Å²) >= 11 is 0. The predicted molar refractivity (Wildman–Crippen MR) is 52.7 cm³/mol. The Morgan fingerprint density at radius 1 is 1.27 bits per heavy atom. The molecule has 0 aromatic carbocycles. The molecule has 0 bridgehead atoms. The van der Waals surface area contributed by atoms with Crippen molar-refractivity contribution in [3.05, 3.63) is 24.3 Å². The first-order chi connectivity index (χ1) is 5.41. The second-order valence-corrected chi connectivity index (χ2v) is 2.76. The van der Waals surface area contributed by atoms with Crippen molar-refractivity contribution in [3.8, 4) is 0 Å². The Morgan fingerprint density at radius 3 is 2.09 bits per heavy atom. The summed E-state index contributed by atoms with van der Waals surface area (Å²) in [5, 5.41) is 0. The fraction of sp³-hybridized carbons (Fsp3) is 0.636. The molecule has 0 aliphatic heterocycles. The molecule has 1 rings (SSSR count). The first-order valence-corrected chi connectivity index (χ1v) is 4.68. The highest BCUT2D eigenvalue weighted by Crippen LogP contribution is 2.05. The molecule has 0 spiro atoms. The Kier molecular flexibility index (Phi) is 9.03. The molecule has 0 N–H and O–H groups in total. The van der Waals surface area contributed by atoms with Gasteiger partial charge in [-0.1, -0.05) is 37.6 Å². The van der Waals surface area contributed by atoms with Crippen molar-refractivity contribution >= 4 is 0 Å². The quantitative estimate of drug-likeness (QED) is 0.523. The lowest BCUT2D eigenvalue weighted by atomic mass is 10.3. The molecule has 0 heteroatoms. The van der Waals surface area contributed by atoms with Crippen LogP contribution >= 0.6 is 0 Å². The Morgan fingerprint density at radius 2 is 1.91 bits per heavy atom. The maximum atomic E-state index is 2.24. The van der Waals surface area contributed by atoms with Crippen molar-refractivity contribution in [3.63, 3.8) is 0 Å². The summed E-state index contributed by atoms with van der Waals surface area (Å²) in [6.07, 6.45) is 15.3. The Bertz CT molecular complexity index is 103. The van der Waals surface area contributed by atoms with Gasteiger partial charge in [-0.15, -0.1) is 0 Å². The van der Waals surface area contributed by atoms with E-state index in [4.69, 9.17) is 0 Å². The summed E-state index contributed by atoms with van der Waals surface area (Å²) < 4.78 is 0. The summed E-state index contributed by atoms with van der Waals surface area (Å²) in [5.41, 5.74) is 0. The smallest absolute Gasteiger partial charge is 0.0348 e. The zero-order valence-electron chi connectivity index (χ0n) is 7.84. The molecule has 11 heavy (non-hydrogen) atoms. The Hall–Kier alpha value is -0.520. The van der Waals surface area contributed by atoms with Gasteiger partial charge in [0.2, 0.25) is 0 Å². The molecule has 1 aliphatic rings. The number of rotatable bonds is 2. The van der Waals surface area contributed by atoms with E-state index >= 15 is 0 Å². The van der Waals surface area contributed by atoms with Gasteiger partial charge in [0.25, 0.3) is 0 Å². The van der Waals surface area contributed by atoms with Crippen LogP contribution in [0.3, 0.4) is 0 Å². The maximum absolute atomic E-state index is 2.24. The average molecular weight is 152 g/mol. The summed E-state index contributed by atoms with van der Waals surface area (Å²) in [6, 6.07) is 0. The molecule has 0 nitrogen and oxygen atoms in total. The van der Waals surface area contributed by atoms with E-state index in [9.17, 15) is 0 Å². The second kappa shape index (κ2) is 9.48. The fourth-order valence-corrected chi connectivity index (χ4v) is 0.923. The van der Waals surface area contributed by atoms with E-state index < -0.39 is 0 Å². The molecule has 0 atom stereocenters. The van der Waals surface area contributed by atoms with Crippen molar-refractivity contribution in [2.24, 2.45) is 0 Å². The molecule has 64 valence electrons. The first-order valence-electron chi connectivity index (χ1n) is 4.68. The minimum absolute atomic E-state index is 1.23. The van der Waals surface area contributed by atoms with Crippen LogP contribution in [0.2, 0.25) is 0 Å². The standard InChI is InChI=1S/C6H12.C5H8/c1-3-5-6-4-2;1-2-4-5-3-1/h3,5H,4,6H2,1-2H3;1-2H,3-5H2. The fourth-order valence-electron chi connectivity index (χ4n) is 0.923. The van der Waals surface area contributed by atoms with Gasteiger partial charge < -0.3 is 0 Å². The van der Waals surface area contributed by atoms with Crippen LogP contribution in [0.1, 0.15) is 46.0 Å². The predicted octanol–water partition coefficient (Wildman–Crippen LogP) is 4.09. The van der Waals surface area contributed by atoms with Crippen molar-refractivity contribution < 1.29 is 0 Å². The highest BCUT2D eigenvalue weighted by molar-refractivity contribution is 4.88. The lowest BCUT2D eigenvalue weighted by Crippen LogP contribution is -1.55. The summed E-state index contributed by atoms with van der Waals surface area (Å²) in [4.78, 5) is 0. The largest absolute Gasteiger partial charge is 0.0917 e. The summed E-state index contributed by atoms with van der Waals surface area (Å²) in [6.45, 7) is 4.23. The summed E-state index contributed by atoms with van der Waals surface area (Å²) in [5.74, 6) is 0. The lowest BCUT2D eigenvalue weighted by molar-refractivity contribution is 0.929. The molecule has 0 fully saturated rings. The van der Waals surface area contributed by atoms with Crippen LogP contribution < -0.4 is 0 Å². The van der Waals surface area contributed by atoms with Gasteiger partial charge in [0.05, 0.1) is 0 Å². The normalized spacial score (nSPS) is 15.1. The molecule has 0 saturated heterocycles.